The molecule has 2 rings (SSSR count). The number of benzene rings is 1. The summed E-state index contributed by atoms with van der Waals surface area (Å²) in [5.41, 5.74) is -1.66. The fourth-order valence-electron chi connectivity index (χ4n) is 2.74. The molecule has 1 heterocycles. The Hall–Kier alpha value is -1.86. The fourth-order valence-corrected chi connectivity index (χ4v) is 2.74. The molecule has 23 heavy (non-hydrogen) atoms. The molecule has 128 valence electrons. The van der Waals surface area contributed by atoms with Crippen molar-refractivity contribution >= 4 is 11.7 Å². The largest absolute Gasteiger partial charge is 0.481 e. The molecule has 1 fully saturated rings. The highest BCUT2D eigenvalue weighted by Crippen LogP contribution is 2.37. The molecule has 1 aromatic carbocycles. The first-order chi connectivity index (χ1) is 10.7. The van der Waals surface area contributed by atoms with Crippen molar-refractivity contribution in [1.82, 2.24) is 0 Å². The van der Waals surface area contributed by atoms with Crippen LogP contribution in [0.2, 0.25) is 0 Å². The van der Waals surface area contributed by atoms with E-state index in [-0.39, 0.29) is 18.0 Å². The maximum absolute atomic E-state index is 12.9. The maximum Gasteiger partial charge on any atom is 0.416 e. The van der Waals surface area contributed by atoms with Crippen LogP contribution in [0, 0.1) is 5.92 Å². The van der Waals surface area contributed by atoms with Gasteiger partial charge in [0.25, 0.3) is 6.43 Å². The summed E-state index contributed by atoms with van der Waals surface area (Å²) in [6.07, 6.45) is -6.63. The van der Waals surface area contributed by atoms with Crippen LogP contribution in [0.5, 0.6) is 0 Å². The van der Waals surface area contributed by atoms with E-state index >= 15 is 0 Å². The third-order valence-electron chi connectivity index (χ3n) is 3.94. The molecule has 0 radical (unpaired) electrons. The highest BCUT2D eigenvalue weighted by atomic mass is 19.4. The van der Waals surface area contributed by atoms with E-state index in [0.717, 1.165) is 12.1 Å². The van der Waals surface area contributed by atoms with Gasteiger partial charge in [0.15, 0.2) is 0 Å². The summed E-state index contributed by atoms with van der Waals surface area (Å²) in [7, 11) is 0. The lowest BCUT2D eigenvalue weighted by Gasteiger charge is -2.21. The van der Waals surface area contributed by atoms with Crippen molar-refractivity contribution in [1.29, 1.82) is 0 Å². The zero-order chi connectivity index (χ0) is 17.2. The van der Waals surface area contributed by atoms with Crippen LogP contribution in [-0.4, -0.2) is 24.2 Å². The number of rotatable bonds is 5. The van der Waals surface area contributed by atoms with E-state index in [1.807, 2.05) is 0 Å². The number of carbonyl (C=O) groups is 1. The van der Waals surface area contributed by atoms with Gasteiger partial charge in [0.1, 0.15) is 0 Å². The smallest absolute Gasteiger partial charge is 0.416 e. The quantitative estimate of drug-likeness (QED) is 0.813. The Bertz CT molecular complexity index is 573. The van der Waals surface area contributed by atoms with Crippen LogP contribution in [0.3, 0.4) is 0 Å². The highest BCUT2D eigenvalue weighted by Gasteiger charge is 2.33. The summed E-state index contributed by atoms with van der Waals surface area (Å²) in [4.78, 5) is 12.2. The van der Waals surface area contributed by atoms with Crippen LogP contribution in [-0.2, 0) is 11.0 Å². The summed E-state index contributed by atoms with van der Waals surface area (Å²) < 4.78 is 64.2. The monoisotopic (exact) mass is 337 g/mol. The molecule has 1 atom stereocenters. The number of anilines is 1. The molecule has 0 amide bonds. The Labute approximate surface area is 129 Å². The molecule has 1 aromatic rings. The van der Waals surface area contributed by atoms with Crippen LogP contribution in [0.4, 0.5) is 27.6 Å². The fraction of sp³-hybridized carbons (Fsp3) is 0.533. The minimum atomic E-state index is -4.69. The van der Waals surface area contributed by atoms with Crippen LogP contribution >= 0.6 is 0 Å². The molecule has 1 saturated heterocycles. The van der Waals surface area contributed by atoms with Gasteiger partial charge in [-0.2, -0.15) is 13.2 Å². The maximum atomic E-state index is 12.9. The lowest BCUT2D eigenvalue weighted by molar-refractivity contribution is -0.138. The van der Waals surface area contributed by atoms with E-state index in [1.54, 1.807) is 4.90 Å². The Morgan fingerprint density at radius 3 is 2.57 bits per heavy atom. The number of hydrogen-bond acceptors (Lipinski definition) is 2. The molecule has 3 nitrogen and oxygen atoms in total. The van der Waals surface area contributed by atoms with Crippen molar-refractivity contribution in [2.45, 2.75) is 31.9 Å². The number of aliphatic carboxylic acids is 1. The normalized spacial score (nSPS) is 18.7. The van der Waals surface area contributed by atoms with Crippen LogP contribution < -0.4 is 4.90 Å². The zero-order valence-electron chi connectivity index (χ0n) is 12.1. The number of nitrogens with zero attached hydrogens (tertiary/aromatic N) is 1. The molecular weight excluding hydrogens is 321 g/mol. The summed E-state index contributed by atoms with van der Waals surface area (Å²) in [6.45, 7) is 0.797. The molecule has 1 aliphatic rings. The molecule has 1 unspecified atom stereocenters. The van der Waals surface area contributed by atoms with Gasteiger partial charge < -0.3 is 10.0 Å². The Kier molecular flexibility index (Phi) is 5.11. The van der Waals surface area contributed by atoms with Crippen molar-refractivity contribution in [3.8, 4) is 0 Å². The second-order valence-corrected chi connectivity index (χ2v) is 5.64. The topological polar surface area (TPSA) is 40.5 Å². The van der Waals surface area contributed by atoms with Gasteiger partial charge in [-0.1, -0.05) is 0 Å². The van der Waals surface area contributed by atoms with Gasteiger partial charge >= 0.3 is 12.1 Å². The zero-order valence-corrected chi connectivity index (χ0v) is 12.1. The molecule has 1 aliphatic heterocycles. The van der Waals surface area contributed by atoms with Crippen molar-refractivity contribution < 1.29 is 31.9 Å². The Morgan fingerprint density at radius 1 is 1.30 bits per heavy atom. The number of alkyl halides is 5. The van der Waals surface area contributed by atoms with E-state index in [4.69, 9.17) is 5.11 Å². The molecule has 8 heteroatoms. The minimum absolute atomic E-state index is 0.0105. The van der Waals surface area contributed by atoms with Crippen molar-refractivity contribution in [2.75, 3.05) is 18.0 Å². The average Bonchev–Trinajstić information content (AvgIpc) is 2.92. The highest BCUT2D eigenvalue weighted by molar-refractivity contribution is 5.66. The van der Waals surface area contributed by atoms with Gasteiger partial charge in [-0.05, 0) is 37.0 Å². The van der Waals surface area contributed by atoms with Crippen molar-refractivity contribution in [3.63, 3.8) is 0 Å². The second-order valence-electron chi connectivity index (χ2n) is 5.64. The SMILES string of the molecule is O=C(O)CCC1CCN(c2cc(C(F)F)cc(C(F)(F)F)c2)C1. The first-order valence-corrected chi connectivity index (χ1v) is 7.14. The van der Waals surface area contributed by atoms with Gasteiger partial charge in [0.2, 0.25) is 0 Å². The van der Waals surface area contributed by atoms with E-state index in [0.29, 0.717) is 32.0 Å². The number of halogens is 5. The standard InChI is InChI=1S/C15H16F5NO2/c16-14(17)10-5-11(15(18,19)20)7-12(6-10)21-4-3-9(8-21)1-2-13(22)23/h5-7,9,14H,1-4,8H2,(H,22,23). The van der Waals surface area contributed by atoms with Gasteiger partial charge in [-0.3, -0.25) is 4.79 Å². The summed E-state index contributed by atoms with van der Waals surface area (Å²) in [5, 5.41) is 8.66. The van der Waals surface area contributed by atoms with Gasteiger partial charge in [0, 0.05) is 30.8 Å². The second kappa shape index (κ2) is 6.72. The molecule has 0 bridgehead atoms. The molecule has 1 N–H and O–H groups in total. The Balaban J connectivity index is 2.19. The van der Waals surface area contributed by atoms with Crippen LogP contribution in [0.1, 0.15) is 36.8 Å². The molecule has 0 aromatic heterocycles. The first kappa shape index (κ1) is 17.5. The van der Waals surface area contributed by atoms with Crippen molar-refractivity contribution in [3.05, 3.63) is 29.3 Å². The van der Waals surface area contributed by atoms with Gasteiger partial charge in [-0.15, -0.1) is 0 Å². The summed E-state index contributed by atoms with van der Waals surface area (Å²) in [6, 6.07) is 2.40. The molecule has 0 saturated carbocycles. The van der Waals surface area contributed by atoms with E-state index in [9.17, 15) is 26.7 Å². The number of hydrogen-bond donors (Lipinski definition) is 1. The predicted molar refractivity (Wildman–Crippen MR) is 73.6 cm³/mol. The number of carboxylic acids is 1. The van der Waals surface area contributed by atoms with E-state index in [1.165, 1.54) is 0 Å². The third kappa shape index (κ3) is 4.56. The molecular formula is C15H16F5NO2. The van der Waals surface area contributed by atoms with E-state index < -0.39 is 29.7 Å². The number of carboxylic acid groups (broad SMARTS) is 1. The molecule has 0 aliphatic carbocycles. The third-order valence-corrected chi connectivity index (χ3v) is 3.94. The summed E-state index contributed by atoms with van der Waals surface area (Å²) >= 11 is 0. The summed E-state index contributed by atoms with van der Waals surface area (Å²) in [5.74, 6) is -0.891. The van der Waals surface area contributed by atoms with Crippen LogP contribution in [0.25, 0.3) is 0 Å². The van der Waals surface area contributed by atoms with E-state index in [2.05, 4.69) is 0 Å². The lowest BCUT2D eigenvalue weighted by Crippen LogP contribution is -2.21. The Morgan fingerprint density at radius 2 is 2.00 bits per heavy atom. The average molecular weight is 337 g/mol. The minimum Gasteiger partial charge on any atom is -0.481 e. The predicted octanol–water partition coefficient (Wildman–Crippen LogP) is 4.33. The van der Waals surface area contributed by atoms with Gasteiger partial charge in [-0.25, -0.2) is 8.78 Å². The molecule has 0 spiro atoms. The van der Waals surface area contributed by atoms with Crippen molar-refractivity contribution in [2.24, 2.45) is 5.92 Å². The lowest BCUT2D eigenvalue weighted by atomic mass is 10.0. The van der Waals surface area contributed by atoms with Crippen LogP contribution in [0.15, 0.2) is 18.2 Å². The first-order valence-electron chi connectivity index (χ1n) is 7.14. The van der Waals surface area contributed by atoms with Gasteiger partial charge in [0.05, 0.1) is 5.56 Å².